The van der Waals surface area contributed by atoms with Gasteiger partial charge in [-0.3, -0.25) is 9.69 Å². The normalized spacial score (nSPS) is 21.6. The Morgan fingerprint density at radius 2 is 2.17 bits per heavy atom. The van der Waals surface area contributed by atoms with Crippen LogP contribution in [0.25, 0.3) is 0 Å². The number of hydrogen-bond donors (Lipinski definition) is 0. The Morgan fingerprint density at radius 1 is 1.44 bits per heavy atom. The van der Waals surface area contributed by atoms with E-state index < -0.39 is 0 Å². The van der Waals surface area contributed by atoms with Crippen LogP contribution in [-0.4, -0.2) is 43.0 Å². The minimum atomic E-state index is -0.316. The molecule has 1 saturated heterocycles. The molecule has 0 radical (unpaired) electrons. The molecule has 0 saturated carbocycles. The molecule has 0 spiro atoms. The second-order valence-electron chi connectivity index (χ2n) is 4.70. The van der Waals surface area contributed by atoms with Gasteiger partial charge in [-0.25, -0.2) is 4.39 Å². The van der Waals surface area contributed by atoms with E-state index in [0.717, 1.165) is 26.1 Å². The van der Waals surface area contributed by atoms with Gasteiger partial charge in [0.25, 0.3) is 0 Å². The summed E-state index contributed by atoms with van der Waals surface area (Å²) in [4.78, 5) is 14.1. The van der Waals surface area contributed by atoms with Crippen molar-refractivity contribution in [2.24, 2.45) is 0 Å². The van der Waals surface area contributed by atoms with Crippen molar-refractivity contribution in [1.82, 2.24) is 4.90 Å². The zero-order chi connectivity index (χ0) is 13.0. The maximum atomic E-state index is 12.8. The lowest BCUT2D eigenvalue weighted by molar-refractivity contribution is 0.0657. The first-order chi connectivity index (χ1) is 8.65. The van der Waals surface area contributed by atoms with Crippen LogP contribution >= 0.6 is 0 Å². The lowest BCUT2D eigenvalue weighted by Gasteiger charge is -2.20. The summed E-state index contributed by atoms with van der Waals surface area (Å²) in [6.45, 7) is 4.78. The zero-order valence-electron chi connectivity index (χ0n) is 10.6. The highest BCUT2D eigenvalue weighted by molar-refractivity contribution is 5.97. The molecule has 1 atom stereocenters. The van der Waals surface area contributed by atoms with Crippen molar-refractivity contribution in [3.63, 3.8) is 0 Å². The molecule has 0 aliphatic carbocycles. The number of nitrogens with zero attached hydrogens (tertiary/aromatic N) is 1. The SMILES string of the molecule is CC1CN(CC(=O)c2ccc(F)cc2)CCCO1. The highest BCUT2D eigenvalue weighted by atomic mass is 19.1. The van der Waals surface area contributed by atoms with Crippen molar-refractivity contribution in [3.05, 3.63) is 35.6 Å². The van der Waals surface area contributed by atoms with Gasteiger partial charge >= 0.3 is 0 Å². The molecule has 18 heavy (non-hydrogen) atoms. The Balaban J connectivity index is 1.95. The van der Waals surface area contributed by atoms with Crippen LogP contribution < -0.4 is 0 Å². The summed E-state index contributed by atoms with van der Waals surface area (Å²) in [6, 6.07) is 5.72. The lowest BCUT2D eigenvalue weighted by Crippen LogP contribution is -2.34. The number of rotatable bonds is 3. The van der Waals surface area contributed by atoms with E-state index in [0.29, 0.717) is 12.1 Å². The van der Waals surface area contributed by atoms with Gasteiger partial charge in [-0.05, 0) is 37.6 Å². The van der Waals surface area contributed by atoms with Gasteiger partial charge in [0, 0.05) is 25.3 Å². The first-order valence-corrected chi connectivity index (χ1v) is 6.28. The van der Waals surface area contributed by atoms with Crippen LogP contribution in [0.3, 0.4) is 0 Å². The molecular formula is C14H18FNO2. The topological polar surface area (TPSA) is 29.5 Å². The van der Waals surface area contributed by atoms with Crippen LogP contribution in [0.5, 0.6) is 0 Å². The molecule has 3 nitrogen and oxygen atoms in total. The number of carbonyl (C=O) groups is 1. The van der Waals surface area contributed by atoms with E-state index in [1.54, 1.807) is 0 Å². The molecule has 0 aromatic heterocycles. The maximum absolute atomic E-state index is 12.8. The molecule has 1 unspecified atom stereocenters. The van der Waals surface area contributed by atoms with Crippen LogP contribution in [0.15, 0.2) is 24.3 Å². The van der Waals surface area contributed by atoms with Crippen molar-refractivity contribution in [2.45, 2.75) is 19.4 Å². The third-order valence-electron chi connectivity index (χ3n) is 3.07. The number of benzene rings is 1. The first kappa shape index (κ1) is 13.2. The third kappa shape index (κ3) is 3.62. The third-order valence-corrected chi connectivity index (χ3v) is 3.07. The van der Waals surface area contributed by atoms with Crippen LogP contribution in [0.1, 0.15) is 23.7 Å². The van der Waals surface area contributed by atoms with Crippen molar-refractivity contribution in [3.8, 4) is 0 Å². The second kappa shape index (κ2) is 6.07. The van der Waals surface area contributed by atoms with Gasteiger partial charge in [-0.1, -0.05) is 0 Å². The maximum Gasteiger partial charge on any atom is 0.176 e. The molecule has 0 bridgehead atoms. The van der Waals surface area contributed by atoms with Crippen molar-refractivity contribution in [1.29, 1.82) is 0 Å². The number of ketones is 1. The van der Waals surface area contributed by atoms with Gasteiger partial charge < -0.3 is 4.74 Å². The largest absolute Gasteiger partial charge is 0.377 e. The Bertz CT molecular complexity index is 405. The average molecular weight is 251 g/mol. The molecule has 1 fully saturated rings. The molecular weight excluding hydrogens is 233 g/mol. The second-order valence-corrected chi connectivity index (χ2v) is 4.70. The number of Topliss-reactive ketones (excluding diaryl/α,β-unsaturated/α-hetero) is 1. The number of hydrogen-bond acceptors (Lipinski definition) is 3. The van der Waals surface area contributed by atoms with E-state index >= 15 is 0 Å². The number of halogens is 1. The molecule has 4 heteroatoms. The minimum Gasteiger partial charge on any atom is -0.377 e. The van der Waals surface area contributed by atoms with Crippen molar-refractivity contribution in [2.75, 3.05) is 26.2 Å². The highest BCUT2D eigenvalue weighted by Gasteiger charge is 2.18. The van der Waals surface area contributed by atoms with Crippen LogP contribution in [0, 0.1) is 5.82 Å². The van der Waals surface area contributed by atoms with E-state index in [9.17, 15) is 9.18 Å². The standard InChI is InChI=1S/C14H18FNO2/c1-11-9-16(7-2-8-18-11)10-14(17)12-3-5-13(15)6-4-12/h3-6,11H,2,7-10H2,1H3. The summed E-state index contributed by atoms with van der Waals surface area (Å²) < 4.78 is 18.3. The van der Waals surface area contributed by atoms with E-state index in [4.69, 9.17) is 4.74 Å². The van der Waals surface area contributed by atoms with Gasteiger partial charge in [0.05, 0.1) is 12.6 Å². The molecule has 1 aromatic rings. The monoisotopic (exact) mass is 251 g/mol. The smallest absolute Gasteiger partial charge is 0.176 e. The summed E-state index contributed by atoms with van der Waals surface area (Å²) in [7, 11) is 0. The molecule has 1 aliphatic rings. The molecule has 2 rings (SSSR count). The fraction of sp³-hybridized carbons (Fsp3) is 0.500. The predicted octanol–water partition coefficient (Wildman–Crippen LogP) is 2.12. The van der Waals surface area contributed by atoms with Gasteiger partial charge in [0.1, 0.15) is 5.82 Å². The minimum absolute atomic E-state index is 0.0316. The van der Waals surface area contributed by atoms with Crippen molar-refractivity contribution < 1.29 is 13.9 Å². The van der Waals surface area contributed by atoms with E-state index in [-0.39, 0.29) is 17.7 Å². The Labute approximate surface area is 107 Å². The Hall–Kier alpha value is -1.26. The zero-order valence-corrected chi connectivity index (χ0v) is 10.6. The summed E-state index contributed by atoms with van der Waals surface area (Å²) in [5.41, 5.74) is 0.564. The summed E-state index contributed by atoms with van der Waals surface area (Å²) in [5.74, 6) is -0.285. The summed E-state index contributed by atoms with van der Waals surface area (Å²) >= 11 is 0. The van der Waals surface area contributed by atoms with Crippen molar-refractivity contribution >= 4 is 5.78 Å². The Morgan fingerprint density at radius 3 is 2.89 bits per heavy atom. The fourth-order valence-electron chi connectivity index (χ4n) is 2.15. The fourth-order valence-corrected chi connectivity index (χ4v) is 2.15. The van der Waals surface area contributed by atoms with E-state index in [1.165, 1.54) is 24.3 Å². The Kier molecular flexibility index (Phi) is 4.44. The molecule has 1 aliphatic heterocycles. The van der Waals surface area contributed by atoms with Crippen LogP contribution in [0.2, 0.25) is 0 Å². The van der Waals surface area contributed by atoms with E-state index in [2.05, 4.69) is 4.90 Å². The predicted molar refractivity (Wildman–Crippen MR) is 67.2 cm³/mol. The lowest BCUT2D eigenvalue weighted by atomic mass is 10.1. The number of ether oxygens (including phenoxy) is 1. The molecule has 0 amide bonds. The summed E-state index contributed by atoms with van der Waals surface area (Å²) in [6.07, 6.45) is 1.11. The summed E-state index contributed by atoms with van der Waals surface area (Å²) in [5, 5.41) is 0. The van der Waals surface area contributed by atoms with Gasteiger partial charge in [-0.2, -0.15) is 0 Å². The van der Waals surface area contributed by atoms with E-state index in [1.807, 2.05) is 6.92 Å². The highest BCUT2D eigenvalue weighted by Crippen LogP contribution is 2.08. The molecule has 98 valence electrons. The van der Waals surface area contributed by atoms with Crippen LogP contribution in [-0.2, 0) is 4.74 Å². The van der Waals surface area contributed by atoms with Gasteiger partial charge in [-0.15, -0.1) is 0 Å². The van der Waals surface area contributed by atoms with Gasteiger partial charge in [0.2, 0.25) is 0 Å². The molecule has 1 heterocycles. The van der Waals surface area contributed by atoms with Gasteiger partial charge in [0.15, 0.2) is 5.78 Å². The first-order valence-electron chi connectivity index (χ1n) is 6.28. The molecule has 0 N–H and O–H groups in total. The average Bonchev–Trinajstić information content (AvgIpc) is 2.54. The number of carbonyl (C=O) groups excluding carboxylic acids is 1. The van der Waals surface area contributed by atoms with Crippen LogP contribution in [0.4, 0.5) is 4.39 Å². The molecule has 1 aromatic carbocycles. The quantitative estimate of drug-likeness (QED) is 0.771.